The highest BCUT2D eigenvalue weighted by atomic mass is 16.2. The molecule has 1 rings (SSSR count). The first-order valence-corrected chi connectivity index (χ1v) is 6.30. The number of nitrogens with one attached hydrogen (secondary N) is 3. The van der Waals surface area contributed by atoms with Crippen LogP contribution in [0.1, 0.15) is 30.8 Å². The Morgan fingerprint density at radius 3 is 2.63 bits per heavy atom. The van der Waals surface area contributed by atoms with Crippen LogP contribution in [0.2, 0.25) is 0 Å². The predicted octanol–water partition coefficient (Wildman–Crippen LogP) is 0.768. The highest BCUT2D eigenvalue weighted by Gasteiger charge is 2.15. The minimum Gasteiger partial charge on any atom is -0.384 e. The third-order valence-electron chi connectivity index (χ3n) is 2.56. The van der Waals surface area contributed by atoms with E-state index in [1.807, 2.05) is 0 Å². The molecule has 3 N–H and O–H groups in total. The van der Waals surface area contributed by atoms with Crippen LogP contribution in [0.15, 0.2) is 18.3 Å². The van der Waals surface area contributed by atoms with Gasteiger partial charge in [0, 0.05) is 13.6 Å². The summed E-state index contributed by atoms with van der Waals surface area (Å²) in [6.07, 6.45) is 2.63. The van der Waals surface area contributed by atoms with Gasteiger partial charge in [-0.3, -0.25) is 9.59 Å². The Morgan fingerprint density at radius 1 is 1.37 bits per heavy atom. The summed E-state index contributed by atoms with van der Waals surface area (Å²) in [5.41, 5.74) is 1.16. The van der Waals surface area contributed by atoms with Crippen molar-refractivity contribution in [1.29, 1.82) is 0 Å². The summed E-state index contributed by atoms with van der Waals surface area (Å²) in [5.74, 6) is -0.604. The molecule has 0 saturated carbocycles. The van der Waals surface area contributed by atoms with Gasteiger partial charge in [-0.1, -0.05) is 6.92 Å². The van der Waals surface area contributed by atoms with Crippen LogP contribution in [0.4, 0.5) is 5.69 Å². The minimum atomic E-state index is -0.586. The number of pyridine rings is 1. The Hall–Kier alpha value is -2.11. The second-order valence-corrected chi connectivity index (χ2v) is 4.17. The summed E-state index contributed by atoms with van der Waals surface area (Å²) in [7, 11) is 1.53. The van der Waals surface area contributed by atoms with Gasteiger partial charge in [-0.2, -0.15) is 0 Å². The topological polar surface area (TPSA) is 83.1 Å². The average Bonchev–Trinajstić information content (AvgIpc) is 2.44. The van der Waals surface area contributed by atoms with E-state index in [1.165, 1.54) is 7.05 Å². The van der Waals surface area contributed by atoms with Crippen molar-refractivity contribution in [2.45, 2.75) is 26.3 Å². The van der Waals surface area contributed by atoms with Crippen LogP contribution in [0, 0.1) is 0 Å². The molecule has 6 nitrogen and oxygen atoms in total. The van der Waals surface area contributed by atoms with Crippen molar-refractivity contribution in [1.82, 2.24) is 15.6 Å². The lowest BCUT2D eigenvalue weighted by atomic mass is 10.2. The van der Waals surface area contributed by atoms with E-state index in [0.29, 0.717) is 0 Å². The van der Waals surface area contributed by atoms with Gasteiger partial charge in [-0.05, 0) is 25.5 Å². The van der Waals surface area contributed by atoms with Crippen LogP contribution in [0.25, 0.3) is 0 Å². The van der Waals surface area contributed by atoms with Gasteiger partial charge in [0.05, 0.1) is 11.9 Å². The quantitative estimate of drug-likeness (QED) is 0.708. The van der Waals surface area contributed by atoms with E-state index in [4.69, 9.17) is 0 Å². The van der Waals surface area contributed by atoms with Crippen molar-refractivity contribution >= 4 is 17.5 Å². The monoisotopic (exact) mass is 264 g/mol. The molecule has 1 heterocycles. The molecule has 1 atom stereocenters. The summed E-state index contributed by atoms with van der Waals surface area (Å²) in [5, 5.41) is 8.22. The van der Waals surface area contributed by atoms with Crippen LogP contribution < -0.4 is 16.0 Å². The molecule has 104 valence electrons. The number of rotatable bonds is 6. The Balaban J connectivity index is 2.60. The summed E-state index contributed by atoms with van der Waals surface area (Å²) in [6, 6.07) is 2.84. The molecule has 1 aromatic heterocycles. The summed E-state index contributed by atoms with van der Waals surface area (Å²) in [6.45, 7) is 4.55. The van der Waals surface area contributed by atoms with E-state index in [0.717, 1.165) is 18.7 Å². The maximum absolute atomic E-state index is 11.8. The van der Waals surface area contributed by atoms with E-state index in [1.54, 1.807) is 25.3 Å². The number of carbonyl (C=O) groups excluding carboxylic acids is 2. The van der Waals surface area contributed by atoms with E-state index >= 15 is 0 Å². The van der Waals surface area contributed by atoms with Gasteiger partial charge in [-0.15, -0.1) is 0 Å². The van der Waals surface area contributed by atoms with Crippen molar-refractivity contribution in [3.05, 3.63) is 24.0 Å². The molecule has 0 saturated heterocycles. The standard InChI is InChI=1S/C13H20N4O2/c1-4-7-15-10-5-6-11(16-8-10)13(19)17-9(2)12(18)14-3/h5-6,8-9,15H,4,7H2,1-3H3,(H,14,18)(H,17,19). The number of carbonyl (C=O) groups is 2. The first-order chi connectivity index (χ1) is 9.08. The van der Waals surface area contributed by atoms with E-state index in [-0.39, 0.29) is 17.5 Å². The van der Waals surface area contributed by atoms with Gasteiger partial charge in [0.25, 0.3) is 5.91 Å². The molecule has 0 aliphatic carbocycles. The lowest BCUT2D eigenvalue weighted by Gasteiger charge is -2.12. The molecule has 1 unspecified atom stereocenters. The molecular formula is C13H20N4O2. The van der Waals surface area contributed by atoms with Gasteiger partial charge in [0.1, 0.15) is 11.7 Å². The number of likely N-dealkylation sites (N-methyl/N-ethyl adjacent to an activating group) is 1. The van der Waals surface area contributed by atoms with Crippen LogP contribution >= 0.6 is 0 Å². The second kappa shape index (κ2) is 7.35. The lowest BCUT2D eigenvalue weighted by molar-refractivity contribution is -0.122. The summed E-state index contributed by atoms with van der Waals surface area (Å²) >= 11 is 0. The van der Waals surface area contributed by atoms with Crippen LogP contribution in [0.5, 0.6) is 0 Å². The maximum atomic E-state index is 11.8. The molecule has 0 aromatic carbocycles. The van der Waals surface area contributed by atoms with E-state index in [9.17, 15) is 9.59 Å². The zero-order chi connectivity index (χ0) is 14.3. The molecule has 0 radical (unpaired) electrons. The van der Waals surface area contributed by atoms with Gasteiger partial charge < -0.3 is 16.0 Å². The normalized spacial score (nSPS) is 11.5. The molecule has 0 aliphatic rings. The molecular weight excluding hydrogens is 244 g/mol. The Labute approximate surface area is 113 Å². The molecule has 1 aromatic rings. The van der Waals surface area contributed by atoms with Crippen molar-refractivity contribution < 1.29 is 9.59 Å². The third-order valence-corrected chi connectivity index (χ3v) is 2.56. The largest absolute Gasteiger partial charge is 0.384 e. The first-order valence-electron chi connectivity index (χ1n) is 6.30. The fraction of sp³-hybridized carbons (Fsp3) is 0.462. The third kappa shape index (κ3) is 4.57. The smallest absolute Gasteiger partial charge is 0.270 e. The fourth-order valence-corrected chi connectivity index (χ4v) is 1.45. The SMILES string of the molecule is CCCNc1ccc(C(=O)NC(C)C(=O)NC)nc1. The van der Waals surface area contributed by atoms with E-state index in [2.05, 4.69) is 27.9 Å². The number of hydrogen-bond acceptors (Lipinski definition) is 4. The maximum Gasteiger partial charge on any atom is 0.270 e. The Bertz CT molecular complexity index is 431. The molecule has 0 fully saturated rings. The highest BCUT2D eigenvalue weighted by Crippen LogP contribution is 2.06. The van der Waals surface area contributed by atoms with Gasteiger partial charge >= 0.3 is 0 Å². The van der Waals surface area contributed by atoms with Crippen LogP contribution in [0.3, 0.4) is 0 Å². The number of anilines is 1. The highest BCUT2D eigenvalue weighted by molar-refractivity contribution is 5.96. The zero-order valence-corrected chi connectivity index (χ0v) is 11.5. The Kier molecular flexibility index (Phi) is 5.78. The van der Waals surface area contributed by atoms with Crippen molar-refractivity contribution in [2.75, 3.05) is 18.9 Å². The number of aromatic nitrogens is 1. The number of nitrogens with zero attached hydrogens (tertiary/aromatic N) is 1. The second-order valence-electron chi connectivity index (χ2n) is 4.17. The minimum absolute atomic E-state index is 0.241. The lowest BCUT2D eigenvalue weighted by Crippen LogP contribution is -2.43. The molecule has 2 amide bonds. The van der Waals surface area contributed by atoms with E-state index < -0.39 is 6.04 Å². The van der Waals surface area contributed by atoms with Gasteiger partial charge in [-0.25, -0.2) is 4.98 Å². The van der Waals surface area contributed by atoms with Crippen molar-refractivity contribution in [3.63, 3.8) is 0 Å². The average molecular weight is 264 g/mol. The zero-order valence-electron chi connectivity index (χ0n) is 11.5. The predicted molar refractivity (Wildman–Crippen MR) is 74.0 cm³/mol. The molecule has 0 aliphatic heterocycles. The number of amides is 2. The molecule has 0 bridgehead atoms. The Morgan fingerprint density at radius 2 is 2.11 bits per heavy atom. The molecule has 6 heteroatoms. The van der Waals surface area contributed by atoms with Crippen molar-refractivity contribution in [2.24, 2.45) is 0 Å². The van der Waals surface area contributed by atoms with Crippen molar-refractivity contribution in [3.8, 4) is 0 Å². The number of hydrogen-bond donors (Lipinski definition) is 3. The molecule has 19 heavy (non-hydrogen) atoms. The van der Waals surface area contributed by atoms with Gasteiger partial charge in [0.15, 0.2) is 0 Å². The molecule has 0 spiro atoms. The summed E-state index contributed by atoms with van der Waals surface area (Å²) < 4.78 is 0. The first kappa shape index (κ1) is 14.9. The fourth-order valence-electron chi connectivity index (χ4n) is 1.45. The van der Waals surface area contributed by atoms with Crippen LogP contribution in [-0.4, -0.2) is 36.4 Å². The van der Waals surface area contributed by atoms with Gasteiger partial charge in [0.2, 0.25) is 5.91 Å². The van der Waals surface area contributed by atoms with Crippen LogP contribution in [-0.2, 0) is 4.79 Å². The summed E-state index contributed by atoms with van der Waals surface area (Å²) in [4.78, 5) is 27.2.